The molecule has 0 aliphatic heterocycles. The highest BCUT2D eigenvalue weighted by molar-refractivity contribution is 6.12. The van der Waals surface area contributed by atoms with Crippen molar-refractivity contribution in [3.05, 3.63) is 84.3 Å². The molecule has 0 radical (unpaired) electrons. The first-order valence-corrected chi connectivity index (χ1v) is 9.10. The molecule has 0 aliphatic carbocycles. The lowest BCUT2D eigenvalue weighted by atomic mass is 9.90. The van der Waals surface area contributed by atoms with E-state index in [2.05, 4.69) is 71.3 Å². The van der Waals surface area contributed by atoms with Gasteiger partial charge in [0.15, 0.2) is 0 Å². The lowest BCUT2D eigenvalue weighted by molar-refractivity contribution is 1.29. The Morgan fingerprint density at radius 3 is 2.59 bits per heavy atom. The molecule has 1 N–H and O–H groups in total. The Kier molecular flexibility index (Phi) is 3.54. The fourth-order valence-electron chi connectivity index (χ4n) is 4.03. The number of hydrogen-bond donors (Lipinski definition) is 1. The van der Waals surface area contributed by atoms with Gasteiger partial charge < -0.3 is 4.98 Å². The number of H-pyrrole nitrogens is 1. The Balaban J connectivity index is 1.88. The van der Waals surface area contributed by atoms with E-state index < -0.39 is 0 Å². The number of nitrogens with one attached hydrogen (secondary N) is 1. The van der Waals surface area contributed by atoms with Gasteiger partial charge in [-0.1, -0.05) is 42.0 Å². The van der Waals surface area contributed by atoms with Gasteiger partial charge in [0.05, 0.1) is 22.9 Å². The zero-order valence-electron chi connectivity index (χ0n) is 15.3. The molecule has 0 atom stereocenters. The normalized spacial score (nSPS) is 11.3. The van der Waals surface area contributed by atoms with Crippen LogP contribution in [0.3, 0.4) is 0 Å². The summed E-state index contributed by atoms with van der Waals surface area (Å²) < 4.78 is 0. The summed E-state index contributed by atoms with van der Waals surface area (Å²) in [6.07, 6.45) is 5.59. The molecule has 3 nitrogen and oxygen atoms in total. The van der Waals surface area contributed by atoms with Crippen molar-refractivity contribution in [3.63, 3.8) is 0 Å². The van der Waals surface area contributed by atoms with Gasteiger partial charge in [0.2, 0.25) is 0 Å². The van der Waals surface area contributed by atoms with Crippen molar-refractivity contribution in [3.8, 4) is 22.4 Å². The predicted octanol–water partition coefficient (Wildman–Crippen LogP) is 6.06. The topological polar surface area (TPSA) is 41.6 Å². The minimum atomic E-state index is 1.000. The predicted molar refractivity (Wildman–Crippen MR) is 112 cm³/mol. The van der Waals surface area contributed by atoms with Crippen LogP contribution in [0.15, 0.2) is 73.2 Å². The van der Waals surface area contributed by atoms with Crippen molar-refractivity contribution < 1.29 is 0 Å². The number of nitrogens with zero attached hydrogens (tertiary/aromatic N) is 2. The molecule has 3 aromatic heterocycles. The van der Waals surface area contributed by atoms with Gasteiger partial charge in [-0.25, -0.2) is 0 Å². The average Bonchev–Trinajstić information content (AvgIpc) is 3.07. The molecule has 3 heterocycles. The zero-order valence-corrected chi connectivity index (χ0v) is 15.3. The molecule has 0 aliphatic rings. The second-order valence-corrected chi connectivity index (χ2v) is 6.99. The van der Waals surface area contributed by atoms with Gasteiger partial charge in [-0.15, -0.1) is 0 Å². The van der Waals surface area contributed by atoms with E-state index in [9.17, 15) is 0 Å². The maximum absolute atomic E-state index is 4.63. The molecule has 130 valence electrons. The second kappa shape index (κ2) is 6.06. The minimum absolute atomic E-state index is 1.000. The van der Waals surface area contributed by atoms with E-state index in [1.807, 2.05) is 30.7 Å². The lowest BCUT2D eigenvalue weighted by Gasteiger charge is -2.15. The fourth-order valence-corrected chi connectivity index (χ4v) is 4.03. The van der Waals surface area contributed by atoms with Crippen LogP contribution in [0.4, 0.5) is 0 Å². The van der Waals surface area contributed by atoms with E-state index in [0.29, 0.717) is 0 Å². The third-order valence-electron chi connectivity index (χ3n) is 5.13. The summed E-state index contributed by atoms with van der Waals surface area (Å²) in [5.74, 6) is 0. The van der Waals surface area contributed by atoms with E-state index in [4.69, 9.17) is 0 Å². The number of rotatable bonds is 2. The summed E-state index contributed by atoms with van der Waals surface area (Å²) >= 11 is 0. The van der Waals surface area contributed by atoms with Gasteiger partial charge in [-0.2, -0.15) is 0 Å². The van der Waals surface area contributed by atoms with E-state index in [-0.39, 0.29) is 0 Å². The van der Waals surface area contributed by atoms with Crippen molar-refractivity contribution in [1.29, 1.82) is 0 Å². The molecule has 3 heteroatoms. The molecule has 0 spiro atoms. The van der Waals surface area contributed by atoms with E-state index in [1.54, 1.807) is 0 Å². The summed E-state index contributed by atoms with van der Waals surface area (Å²) in [4.78, 5) is 12.5. The first kappa shape index (κ1) is 15.8. The lowest BCUT2D eigenvalue weighted by Crippen LogP contribution is -1.93. The highest BCUT2D eigenvalue weighted by Crippen LogP contribution is 2.39. The van der Waals surface area contributed by atoms with Crippen LogP contribution in [0.25, 0.3) is 44.2 Å². The molecule has 5 aromatic rings. The Labute approximate surface area is 157 Å². The summed E-state index contributed by atoms with van der Waals surface area (Å²) in [5.41, 5.74) is 9.26. The van der Waals surface area contributed by atoms with Crippen molar-refractivity contribution in [2.75, 3.05) is 0 Å². The number of aromatic amines is 1. The van der Waals surface area contributed by atoms with Gasteiger partial charge in [0.1, 0.15) is 0 Å². The van der Waals surface area contributed by atoms with Crippen LogP contribution >= 0.6 is 0 Å². The van der Waals surface area contributed by atoms with Crippen LogP contribution in [0.5, 0.6) is 0 Å². The first-order chi connectivity index (χ1) is 13.2. The minimum Gasteiger partial charge on any atom is -0.353 e. The van der Waals surface area contributed by atoms with E-state index in [1.165, 1.54) is 38.6 Å². The molecule has 0 bridgehead atoms. The van der Waals surface area contributed by atoms with E-state index >= 15 is 0 Å². The zero-order chi connectivity index (χ0) is 18.4. The van der Waals surface area contributed by atoms with Crippen LogP contribution in [0, 0.1) is 13.8 Å². The van der Waals surface area contributed by atoms with Gasteiger partial charge in [-0.3, -0.25) is 9.97 Å². The van der Waals surface area contributed by atoms with Crippen molar-refractivity contribution >= 4 is 21.8 Å². The molecule has 27 heavy (non-hydrogen) atoms. The summed E-state index contributed by atoms with van der Waals surface area (Å²) in [7, 11) is 0. The molecule has 2 aromatic carbocycles. The Morgan fingerprint density at radius 2 is 1.74 bits per heavy atom. The highest BCUT2D eigenvalue weighted by Gasteiger charge is 2.16. The fraction of sp³-hybridized carbons (Fsp3) is 0.0833. The summed E-state index contributed by atoms with van der Waals surface area (Å²) in [6.45, 7) is 4.31. The van der Waals surface area contributed by atoms with Crippen LogP contribution < -0.4 is 0 Å². The third-order valence-corrected chi connectivity index (χ3v) is 5.13. The number of fused-ring (bicyclic) bond motifs is 3. The van der Waals surface area contributed by atoms with Gasteiger partial charge in [0.25, 0.3) is 0 Å². The number of pyridine rings is 2. The van der Waals surface area contributed by atoms with Crippen molar-refractivity contribution in [1.82, 2.24) is 15.0 Å². The molecule has 0 saturated heterocycles. The number of para-hydroxylation sites is 1. The molecule has 0 saturated carbocycles. The molecular weight excluding hydrogens is 330 g/mol. The number of aryl methyl sites for hydroxylation is 2. The summed E-state index contributed by atoms with van der Waals surface area (Å²) in [6, 6.07) is 19.1. The third kappa shape index (κ3) is 2.51. The van der Waals surface area contributed by atoms with Crippen molar-refractivity contribution in [2.24, 2.45) is 0 Å². The molecule has 0 unspecified atom stereocenters. The monoisotopic (exact) mass is 349 g/mol. The molecule has 0 fully saturated rings. The van der Waals surface area contributed by atoms with Gasteiger partial charge in [-0.05, 0) is 43.2 Å². The molecular formula is C24H19N3. The largest absolute Gasteiger partial charge is 0.353 e. The highest BCUT2D eigenvalue weighted by atomic mass is 14.7. The Hall–Kier alpha value is -3.46. The smallest absolute Gasteiger partial charge is 0.0710 e. The standard InChI is InChI=1S/C24H19N3/c1-15-12-16(2)23(21-8-3-4-10-26-21)20(13-15)19-7-5-6-18-17-9-11-25-14-22(17)27-24(18)19/h3-14,27H,1-2H3. The van der Waals surface area contributed by atoms with Crippen molar-refractivity contribution in [2.45, 2.75) is 13.8 Å². The van der Waals surface area contributed by atoms with Crippen LogP contribution in [0.1, 0.15) is 11.1 Å². The number of aromatic nitrogens is 3. The van der Waals surface area contributed by atoms with Crippen LogP contribution in [-0.2, 0) is 0 Å². The summed E-state index contributed by atoms with van der Waals surface area (Å²) in [5, 5.41) is 2.42. The maximum atomic E-state index is 4.63. The van der Waals surface area contributed by atoms with Gasteiger partial charge >= 0.3 is 0 Å². The van der Waals surface area contributed by atoms with Gasteiger partial charge in [0, 0.05) is 34.3 Å². The average molecular weight is 349 g/mol. The van der Waals surface area contributed by atoms with Crippen LogP contribution in [0.2, 0.25) is 0 Å². The van der Waals surface area contributed by atoms with Crippen LogP contribution in [-0.4, -0.2) is 15.0 Å². The number of hydrogen-bond acceptors (Lipinski definition) is 2. The second-order valence-electron chi connectivity index (χ2n) is 6.99. The SMILES string of the molecule is Cc1cc(C)c(-c2ccccn2)c(-c2cccc3c2[nH]c2cnccc23)c1. The maximum Gasteiger partial charge on any atom is 0.0710 e. The Bertz CT molecular complexity index is 1280. The molecule has 0 amide bonds. The number of benzene rings is 2. The van der Waals surface area contributed by atoms with E-state index in [0.717, 1.165) is 16.7 Å². The quantitative estimate of drug-likeness (QED) is 0.421. The Morgan fingerprint density at radius 1 is 0.815 bits per heavy atom. The molecule has 5 rings (SSSR count). The first-order valence-electron chi connectivity index (χ1n) is 9.10.